The number of benzene rings is 2. The van der Waals surface area contributed by atoms with Crippen LogP contribution in [0, 0.1) is 0 Å². The predicted molar refractivity (Wildman–Crippen MR) is 112 cm³/mol. The molecule has 0 radical (unpaired) electrons. The molecular weight excluding hydrogens is 390 g/mol. The summed E-state index contributed by atoms with van der Waals surface area (Å²) in [6.45, 7) is 1.69. The Morgan fingerprint density at radius 3 is 2.42 bits per heavy atom. The largest absolute Gasteiger partial charge is 0.353 e. The van der Waals surface area contributed by atoms with Crippen LogP contribution >= 0.6 is 15.9 Å². The third-order valence-corrected chi connectivity index (χ3v) is 4.47. The first-order chi connectivity index (χ1) is 12.6. The standard InChI is InChI=1S/C20H22BrN5/c1-26(2)13-12-22-20-24-18(15-8-4-3-5-9-15)14-19(25-20)23-17-11-7-6-10-16(17)21/h3-11,14H,12-13H2,1-2H3,(H2,22,23,24,25). The van der Waals surface area contributed by atoms with Crippen molar-refractivity contribution in [2.24, 2.45) is 0 Å². The zero-order chi connectivity index (χ0) is 18.4. The molecule has 134 valence electrons. The molecule has 3 rings (SSSR count). The first kappa shape index (κ1) is 18.4. The second kappa shape index (κ2) is 8.78. The highest BCUT2D eigenvalue weighted by Gasteiger charge is 2.08. The fourth-order valence-electron chi connectivity index (χ4n) is 2.44. The van der Waals surface area contributed by atoms with Crippen LogP contribution in [-0.4, -0.2) is 42.1 Å². The Balaban J connectivity index is 1.90. The van der Waals surface area contributed by atoms with Crippen molar-refractivity contribution in [1.29, 1.82) is 0 Å². The van der Waals surface area contributed by atoms with Crippen molar-refractivity contribution in [2.75, 3.05) is 37.8 Å². The van der Waals surface area contributed by atoms with E-state index in [0.717, 1.165) is 40.3 Å². The van der Waals surface area contributed by atoms with Gasteiger partial charge in [0.1, 0.15) is 5.82 Å². The summed E-state index contributed by atoms with van der Waals surface area (Å²) in [7, 11) is 4.09. The molecular formula is C20H22BrN5. The van der Waals surface area contributed by atoms with Crippen LogP contribution in [0.2, 0.25) is 0 Å². The van der Waals surface area contributed by atoms with Crippen LogP contribution in [-0.2, 0) is 0 Å². The van der Waals surface area contributed by atoms with Crippen molar-refractivity contribution in [1.82, 2.24) is 14.9 Å². The van der Waals surface area contributed by atoms with Gasteiger partial charge in [0.2, 0.25) is 5.95 Å². The van der Waals surface area contributed by atoms with E-state index >= 15 is 0 Å². The monoisotopic (exact) mass is 411 g/mol. The number of halogens is 1. The lowest BCUT2D eigenvalue weighted by molar-refractivity contribution is 0.425. The number of likely N-dealkylation sites (N-methyl/N-ethyl adjacent to an activating group) is 1. The Morgan fingerprint density at radius 1 is 0.962 bits per heavy atom. The molecule has 0 aliphatic rings. The minimum absolute atomic E-state index is 0.614. The third-order valence-electron chi connectivity index (χ3n) is 3.77. The summed E-state index contributed by atoms with van der Waals surface area (Å²) < 4.78 is 0.988. The van der Waals surface area contributed by atoms with Crippen molar-refractivity contribution in [3.8, 4) is 11.3 Å². The van der Waals surface area contributed by atoms with Crippen molar-refractivity contribution >= 4 is 33.4 Å². The van der Waals surface area contributed by atoms with E-state index in [-0.39, 0.29) is 0 Å². The number of aromatic nitrogens is 2. The zero-order valence-electron chi connectivity index (χ0n) is 14.9. The Kier molecular flexibility index (Phi) is 6.20. The van der Waals surface area contributed by atoms with Crippen molar-refractivity contribution < 1.29 is 0 Å². The smallest absolute Gasteiger partial charge is 0.225 e. The quantitative estimate of drug-likeness (QED) is 0.593. The van der Waals surface area contributed by atoms with E-state index in [1.807, 2.05) is 74.8 Å². The molecule has 2 N–H and O–H groups in total. The van der Waals surface area contributed by atoms with Crippen molar-refractivity contribution in [3.63, 3.8) is 0 Å². The summed E-state index contributed by atoms with van der Waals surface area (Å²) in [5.74, 6) is 1.36. The average Bonchev–Trinajstić information content (AvgIpc) is 2.64. The SMILES string of the molecule is CN(C)CCNc1nc(Nc2ccccc2Br)cc(-c2ccccc2)n1. The molecule has 2 aromatic carbocycles. The van der Waals surface area contributed by atoms with Gasteiger partial charge in [-0.05, 0) is 42.2 Å². The molecule has 0 unspecified atom stereocenters. The van der Waals surface area contributed by atoms with Crippen LogP contribution in [0.25, 0.3) is 11.3 Å². The molecule has 1 aromatic heterocycles. The van der Waals surface area contributed by atoms with Gasteiger partial charge in [-0.1, -0.05) is 42.5 Å². The van der Waals surface area contributed by atoms with Gasteiger partial charge in [0, 0.05) is 29.2 Å². The lowest BCUT2D eigenvalue weighted by Gasteiger charge is -2.14. The Labute approximate surface area is 162 Å². The topological polar surface area (TPSA) is 53.1 Å². The summed E-state index contributed by atoms with van der Waals surface area (Å²) in [6.07, 6.45) is 0. The van der Waals surface area contributed by atoms with E-state index in [0.29, 0.717) is 5.95 Å². The Bertz CT molecular complexity index is 852. The molecule has 0 aliphatic carbocycles. The van der Waals surface area contributed by atoms with Gasteiger partial charge in [-0.15, -0.1) is 0 Å². The molecule has 5 nitrogen and oxygen atoms in total. The van der Waals surface area contributed by atoms with Gasteiger partial charge >= 0.3 is 0 Å². The second-order valence-electron chi connectivity index (χ2n) is 6.16. The molecule has 0 spiro atoms. The van der Waals surface area contributed by atoms with E-state index in [2.05, 4.69) is 41.4 Å². The van der Waals surface area contributed by atoms with Crippen LogP contribution in [0.1, 0.15) is 0 Å². The molecule has 0 bridgehead atoms. The molecule has 0 fully saturated rings. The predicted octanol–water partition coefficient (Wildman–Crippen LogP) is 4.62. The van der Waals surface area contributed by atoms with Gasteiger partial charge in [0.25, 0.3) is 0 Å². The van der Waals surface area contributed by atoms with Crippen LogP contribution in [0.3, 0.4) is 0 Å². The number of nitrogens with zero attached hydrogens (tertiary/aromatic N) is 3. The lowest BCUT2D eigenvalue weighted by atomic mass is 10.1. The molecule has 26 heavy (non-hydrogen) atoms. The first-order valence-corrected chi connectivity index (χ1v) is 9.26. The molecule has 0 atom stereocenters. The normalized spacial score (nSPS) is 10.8. The summed E-state index contributed by atoms with van der Waals surface area (Å²) in [5.41, 5.74) is 2.90. The van der Waals surface area contributed by atoms with E-state index in [1.165, 1.54) is 0 Å². The molecule has 0 amide bonds. The van der Waals surface area contributed by atoms with Gasteiger partial charge in [-0.3, -0.25) is 0 Å². The minimum Gasteiger partial charge on any atom is -0.353 e. The highest BCUT2D eigenvalue weighted by atomic mass is 79.9. The summed E-state index contributed by atoms with van der Waals surface area (Å²) in [5, 5.41) is 6.68. The lowest BCUT2D eigenvalue weighted by Crippen LogP contribution is -2.21. The molecule has 0 saturated heterocycles. The highest BCUT2D eigenvalue weighted by Crippen LogP contribution is 2.27. The number of anilines is 3. The van der Waals surface area contributed by atoms with Crippen molar-refractivity contribution in [2.45, 2.75) is 0 Å². The van der Waals surface area contributed by atoms with Crippen LogP contribution in [0.4, 0.5) is 17.5 Å². The number of hydrogen-bond acceptors (Lipinski definition) is 5. The fraction of sp³-hybridized carbons (Fsp3) is 0.200. The van der Waals surface area contributed by atoms with Gasteiger partial charge in [0.15, 0.2) is 0 Å². The number of hydrogen-bond donors (Lipinski definition) is 2. The number of rotatable bonds is 7. The van der Waals surface area contributed by atoms with E-state index in [9.17, 15) is 0 Å². The zero-order valence-corrected chi connectivity index (χ0v) is 16.5. The van der Waals surface area contributed by atoms with Gasteiger partial charge in [0.05, 0.1) is 11.4 Å². The van der Waals surface area contributed by atoms with E-state index in [4.69, 9.17) is 0 Å². The maximum atomic E-state index is 4.67. The summed E-state index contributed by atoms with van der Waals surface area (Å²) >= 11 is 3.57. The highest BCUT2D eigenvalue weighted by molar-refractivity contribution is 9.10. The molecule has 3 aromatic rings. The van der Waals surface area contributed by atoms with Crippen LogP contribution in [0.15, 0.2) is 65.1 Å². The molecule has 0 saturated carbocycles. The number of para-hydroxylation sites is 1. The maximum Gasteiger partial charge on any atom is 0.225 e. The maximum absolute atomic E-state index is 4.67. The van der Waals surface area contributed by atoms with Gasteiger partial charge in [-0.2, -0.15) is 4.98 Å². The molecule has 6 heteroatoms. The first-order valence-electron chi connectivity index (χ1n) is 8.46. The summed E-state index contributed by atoms with van der Waals surface area (Å²) in [4.78, 5) is 11.4. The summed E-state index contributed by atoms with van der Waals surface area (Å²) in [6, 6.07) is 20.1. The van der Waals surface area contributed by atoms with E-state index < -0.39 is 0 Å². The Morgan fingerprint density at radius 2 is 1.69 bits per heavy atom. The Hall–Kier alpha value is -2.44. The second-order valence-corrected chi connectivity index (χ2v) is 7.02. The fourth-order valence-corrected chi connectivity index (χ4v) is 2.82. The van der Waals surface area contributed by atoms with Gasteiger partial charge in [-0.25, -0.2) is 4.98 Å². The third kappa shape index (κ3) is 5.03. The van der Waals surface area contributed by atoms with Crippen molar-refractivity contribution in [3.05, 3.63) is 65.1 Å². The average molecular weight is 412 g/mol. The van der Waals surface area contributed by atoms with Crippen LogP contribution < -0.4 is 10.6 Å². The minimum atomic E-state index is 0.614. The van der Waals surface area contributed by atoms with Gasteiger partial charge < -0.3 is 15.5 Å². The number of nitrogens with one attached hydrogen (secondary N) is 2. The molecule has 0 aliphatic heterocycles. The van der Waals surface area contributed by atoms with E-state index in [1.54, 1.807) is 0 Å². The molecule has 1 heterocycles. The van der Waals surface area contributed by atoms with Crippen LogP contribution in [0.5, 0.6) is 0 Å².